The lowest BCUT2D eigenvalue weighted by Crippen LogP contribution is -2.12. The quantitative estimate of drug-likeness (QED) is 0.492. The molecule has 0 bridgehead atoms. The summed E-state index contributed by atoms with van der Waals surface area (Å²) in [6, 6.07) is 0. The van der Waals surface area contributed by atoms with Gasteiger partial charge in [0.25, 0.3) is 0 Å². The van der Waals surface area contributed by atoms with Crippen molar-refractivity contribution in [2.24, 2.45) is 11.8 Å². The highest BCUT2D eigenvalue weighted by Crippen LogP contribution is 2.29. The minimum Gasteiger partial charge on any atom is -0.724 e. The summed E-state index contributed by atoms with van der Waals surface area (Å²) < 4.78 is 0. The predicted molar refractivity (Wildman–Crippen MR) is 59.5 cm³/mol. The molecule has 1 aliphatic carbocycles. The molecule has 0 N–H and O–H groups in total. The van der Waals surface area contributed by atoms with E-state index < -0.39 is 0 Å². The Kier molecular flexibility index (Phi) is 13.8. The van der Waals surface area contributed by atoms with E-state index in [-0.39, 0.29) is 0 Å². The summed E-state index contributed by atoms with van der Waals surface area (Å²) in [4.78, 5) is 16.5. The normalized spacial score (nSPS) is 14.9. The Morgan fingerprint density at radius 1 is 1.00 bits per heavy atom. The van der Waals surface area contributed by atoms with Gasteiger partial charge in [0, 0.05) is 0 Å². The number of carbonyl (C=O) groups excluding carboxylic acids is 2. The number of hydrogen-bond acceptors (Lipinski definition) is 2. The highest BCUT2D eigenvalue weighted by atomic mass is 16.1. The second kappa shape index (κ2) is 12.8. The van der Waals surface area contributed by atoms with E-state index in [0.717, 1.165) is 11.8 Å². The van der Waals surface area contributed by atoms with Crippen LogP contribution < -0.4 is 0 Å². The first-order valence-electron chi connectivity index (χ1n) is 5.16. The molecule has 4 heteroatoms. The summed E-state index contributed by atoms with van der Waals surface area (Å²) in [6.07, 6.45) is 8.46. The number of hydrogen-bond donors (Lipinski definition) is 0. The van der Waals surface area contributed by atoms with Crippen LogP contribution in [0.1, 0.15) is 46.0 Å². The van der Waals surface area contributed by atoms with Crippen molar-refractivity contribution in [3.63, 3.8) is 0 Å². The maximum Gasteiger partial charge on any atom is -0.0159 e. The molecule has 0 aromatic carbocycles. The van der Waals surface area contributed by atoms with Crippen LogP contribution in [0.2, 0.25) is 0 Å². The van der Waals surface area contributed by atoms with Crippen molar-refractivity contribution in [2.45, 2.75) is 46.0 Å². The molecule has 0 atom stereocenters. The Balaban J connectivity index is 0. The SMILES string of the molecule is CC(C)C1CCCCC1.[N-]=C=O.[N-]=C=O. The fourth-order valence-corrected chi connectivity index (χ4v) is 1.80. The molecule has 0 aliphatic heterocycles. The van der Waals surface area contributed by atoms with Crippen molar-refractivity contribution in [1.29, 1.82) is 0 Å². The molecular weight excluding hydrogens is 192 g/mol. The molecule has 0 amide bonds. The molecule has 86 valence electrons. The molecule has 0 aromatic heterocycles. The molecule has 0 radical (unpaired) electrons. The third-order valence-electron chi connectivity index (χ3n) is 2.59. The van der Waals surface area contributed by atoms with Crippen molar-refractivity contribution < 1.29 is 9.59 Å². The zero-order chi connectivity index (χ0) is 12.1. The van der Waals surface area contributed by atoms with E-state index in [9.17, 15) is 0 Å². The van der Waals surface area contributed by atoms with Gasteiger partial charge < -0.3 is 10.8 Å². The van der Waals surface area contributed by atoms with Gasteiger partial charge in [-0.3, -0.25) is 9.59 Å². The van der Waals surface area contributed by atoms with Crippen molar-refractivity contribution >= 4 is 12.2 Å². The minimum atomic E-state index is 0.500. The topological polar surface area (TPSA) is 78.7 Å². The van der Waals surface area contributed by atoms with Crippen LogP contribution in [-0.4, -0.2) is 12.2 Å². The van der Waals surface area contributed by atoms with Crippen LogP contribution in [0.25, 0.3) is 10.8 Å². The maximum absolute atomic E-state index is 8.24. The maximum atomic E-state index is 8.24. The van der Waals surface area contributed by atoms with Gasteiger partial charge in [-0.1, -0.05) is 46.0 Å². The first kappa shape index (κ1) is 16.2. The average molecular weight is 210 g/mol. The summed E-state index contributed by atoms with van der Waals surface area (Å²) in [5, 5.41) is 13.5. The zero-order valence-electron chi connectivity index (χ0n) is 9.40. The number of nitrogens with zero attached hydrogens (tertiary/aromatic N) is 2. The molecule has 15 heavy (non-hydrogen) atoms. The largest absolute Gasteiger partial charge is 0.724 e. The van der Waals surface area contributed by atoms with E-state index in [2.05, 4.69) is 13.8 Å². The molecule has 0 saturated heterocycles. The molecule has 4 nitrogen and oxygen atoms in total. The van der Waals surface area contributed by atoms with Gasteiger partial charge in [0.2, 0.25) is 0 Å². The lowest BCUT2D eigenvalue weighted by molar-refractivity contribution is 0.279. The molecule has 0 aromatic rings. The van der Waals surface area contributed by atoms with Gasteiger partial charge >= 0.3 is 0 Å². The van der Waals surface area contributed by atoms with Crippen molar-refractivity contribution in [3.05, 3.63) is 10.8 Å². The summed E-state index contributed by atoms with van der Waals surface area (Å²) >= 11 is 0. The fraction of sp³-hybridized carbons (Fsp3) is 0.818. The zero-order valence-corrected chi connectivity index (χ0v) is 9.40. The Morgan fingerprint density at radius 2 is 1.33 bits per heavy atom. The van der Waals surface area contributed by atoms with Gasteiger partial charge in [-0.2, -0.15) is 0 Å². The van der Waals surface area contributed by atoms with Crippen LogP contribution >= 0.6 is 0 Å². The third-order valence-corrected chi connectivity index (χ3v) is 2.59. The van der Waals surface area contributed by atoms with E-state index in [1.165, 1.54) is 32.1 Å². The molecule has 1 fully saturated rings. The van der Waals surface area contributed by atoms with Gasteiger partial charge in [0.1, 0.15) is 0 Å². The predicted octanol–water partition coefficient (Wildman–Crippen LogP) is 3.01. The Hall–Kier alpha value is -1.24. The Morgan fingerprint density at radius 3 is 1.53 bits per heavy atom. The van der Waals surface area contributed by atoms with Crippen molar-refractivity contribution in [3.8, 4) is 0 Å². The average Bonchev–Trinajstić information content (AvgIpc) is 2.21. The fourth-order valence-electron chi connectivity index (χ4n) is 1.80. The van der Waals surface area contributed by atoms with Crippen LogP contribution in [0.5, 0.6) is 0 Å². The van der Waals surface area contributed by atoms with Gasteiger partial charge in [0.15, 0.2) is 0 Å². The van der Waals surface area contributed by atoms with Gasteiger partial charge in [-0.25, -0.2) is 0 Å². The van der Waals surface area contributed by atoms with E-state index in [1.54, 1.807) is 0 Å². The van der Waals surface area contributed by atoms with Crippen LogP contribution in [0.4, 0.5) is 0 Å². The third kappa shape index (κ3) is 12.8. The van der Waals surface area contributed by atoms with E-state index in [0.29, 0.717) is 12.2 Å². The Bertz CT molecular complexity index is 185. The van der Waals surface area contributed by atoms with Gasteiger partial charge in [-0.05, 0) is 24.0 Å². The second-order valence-corrected chi connectivity index (χ2v) is 3.82. The van der Waals surface area contributed by atoms with Crippen molar-refractivity contribution in [1.82, 2.24) is 0 Å². The van der Waals surface area contributed by atoms with Crippen molar-refractivity contribution in [2.75, 3.05) is 0 Å². The van der Waals surface area contributed by atoms with Crippen LogP contribution in [-0.2, 0) is 9.59 Å². The molecule has 1 saturated carbocycles. The molecule has 1 aliphatic rings. The number of isocyanates is 2. The smallest absolute Gasteiger partial charge is 0.0159 e. The Labute approximate surface area is 91.1 Å². The number of rotatable bonds is 1. The first-order chi connectivity index (χ1) is 7.13. The van der Waals surface area contributed by atoms with Gasteiger partial charge in [0.05, 0.1) is 0 Å². The van der Waals surface area contributed by atoms with E-state index >= 15 is 0 Å². The van der Waals surface area contributed by atoms with E-state index in [4.69, 9.17) is 20.4 Å². The monoisotopic (exact) mass is 210 g/mol. The molecule has 0 unspecified atom stereocenters. The molecule has 0 spiro atoms. The molecule has 1 rings (SSSR count). The first-order valence-corrected chi connectivity index (χ1v) is 5.16. The molecule has 0 heterocycles. The lowest BCUT2D eigenvalue weighted by atomic mass is 9.82. The second-order valence-electron chi connectivity index (χ2n) is 3.82. The minimum absolute atomic E-state index is 0.500. The summed E-state index contributed by atoms with van der Waals surface area (Å²) in [5.74, 6) is 1.99. The summed E-state index contributed by atoms with van der Waals surface area (Å²) in [6.45, 7) is 4.71. The lowest BCUT2D eigenvalue weighted by Gasteiger charge is -2.24. The highest BCUT2D eigenvalue weighted by Gasteiger charge is 2.15. The van der Waals surface area contributed by atoms with Crippen LogP contribution in [0.3, 0.4) is 0 Å². The summed E-state index contributed by atoms with van der Waals surface area (Å²) in [5.41, 5.74) is 0. The summed E-state index contributed by atoms with van der Waals surface area (Å²) in [7, 11) is 0. The standard InChI is InChI=1S/C9H18.2CNO/c1-8(2)9-6-4-3-5-7-9;2*2-1-3/h8-9H,3-7H2,1-2H3;;/q;2*-1. The van der Waals surface area contributed by atoms with Crippen LogP contribution in [0, 0.1) is 11.8 Å². The van der Waals surface area contributed by atoms with Gasteiger partial charge in [-0.15, -0.1) is 0 Å². The highest BCUT2D eigenvalue weighted by molar-refractivity contribution is 5.37. The van der Waals surface area contributed by atoms with Crippen LogP contribution in [0.15, 0.2) is 0 Å². The van der Waals surface area contributed by atoms with E-state index in [1.807, 2.05) is 0 Å². The molecular formula is C11H18N2O2-2.